The van der Waals surface area contributed by atoms with E-state index in [1.54, 1.807) is 36.0 Å². The Bertz CT molecular complexity index is 1090. The molecule has 3 N–H and O–H groups in total. The van der Waals surface area contributed by atoms with Crippen molar-refractivity contribution in [1.29, 1.82) is 0 Å². The lowest BCUT2D eigenvalue weighted by Gasteiger charge is -2.27. The molecule has 1 aliphatic carbocycles. The van der Waals surface area contributed by atoms with E-state index >= 15 is 0 Å². The van der Waals surface area contributed by atoms with Gasteiger partial charge in [0.05, 0.1) is 19.3 Å². The smallest absolute Gasteiger partial charge is 0.272 e. The van der Waals surface area contributed by atoms with Gasteiger partial charge in [-0.25, -0.2) is 4.98 Å². The third kappa shape index (κ3) is 6.17. The van der Waals surface area contributed by atoms with Crippen LogP contribution >= 0.6 is 0 Å². The van der Waals surface area contributed by atoms with Gasteiger partial charge in [-0.05, 0) is 37.3 Å². The monoisotopic (exact) mass is 489 g/mol. The number of imidazole rings is 1. The molecule has 0 radical (unpaired) electrons. The highest BCUT2D eigenvalue weighted by molar-refractivity contribution is 5.97. The second-order valence-corrected chi connectivity index (χ2v) is 9.49. The van der Waals surface area contributed by atoms with Gasteiger partial charge in [0.15, 0.2) is 0 Å². The molecule has 2 aliphatic rings. The predicted octanol–water partition coefficient (Wildman–Crippen LogP) is 2.36. The maximum atomic E-state index is 13.2. The summed E-state index contributed by atoms with van der Waals surface area (Å²) in [7, 11) is 1.56. The van der Waals surface area contributed by atoms with Crippen molar-refractivity contribution in [2.45, 2.75) is 63.5 Å². The molecule has 2 aromatic rings. The largest absolute Gasteiger partial charge is 0.495 e. The summed E-state index contributed by atoms with van der Waals surface area (Å²) in [5, 5.41) is 8.36. The normalized spacial score (nSPS) is 20.1. The van der Waals surface area contributed by atoms with Gasteiger partial charge < -0.3 is 29.9 Å². The number of pyridine rings is 1. The molecule has 2 aromatic heterocycles. The van der Waals surface area contributed by atoms with E-state index in [2.05, 4.69) is 20.9 Å². The Kier molecular flexibility index (Phi) is 7.99. The molecule has 3 atom stereocenters. The Morgan fingerprint density at radius 3 is 2.69 bits per heavy atom. The van der Waals surface area contributed by atoms with Crippen LogP contribution in [0.5, 0.6) is 5.75 Å². The van der Waals surface area contributed by atoms with Crippen LogP contribution in [0, 0.1) is 11.8 Å². The first-order valence-electron chi connectivity index (χ1n) is 12.3. The van der Waals surface area contributed by atoms with E-state index in [1.807, 2.05) is 0 Å². The first-order chi connectivity index (χ1) is 17.0. The summed E-state index contributed by atoms with van der Waals surface area (Å²) in [6.07, 6.45) is 10.8. The van der Waals surface area contributed by atoms with Crippen LogP contribution in [0.4, 0.5) is 0 Å². The first-order valence-corrected chi connectivity index (χ1v) is 12.3. The molecule has 35 heavy (non-hydrogen) atoms. The Balaban J connectivity index is 0.00000241. The molecule has 1 aliphatic heterocycles. The zero-order chi connectivity index (χ0) is 24.8. The number of nitrogens with zero attached hydrogens (tertiary/aromatic N) is 2. The quantitative estimate of drug-likeness (QED) is 0.439. The van der Waals surface area contributed by atoms with E-state index < -0.39 is 23.9 Å². The van der Waals surface area contributed by atoms with Gasteiger partial charge >= 0.3 is 0 Å². The minimum absolute atomic E-state index is 0. The van der Waals surface area contributed by atoms with Crippen molar-refractivity contribution in [2.24, 2.45) is 11.8 Å². The van der Waals surface area contributed by atoms with Crippen molar-refractivity contribution in [3.63, 3.8) is 0 Å². The summed E-state index contributed by atoms with van der Waals surface area (Å²) < 4.78 is 6.91. The van der Waals surface area contributed by atoms with Gasteiger partial charge in [-0.3, -0.25) is 14.4 Å². The van der Waals surface area contributed by atoms with Crippen LogP contribution in [0.15, 0.2) is 24.5 Å². The molecule has 2 fully saturated rings. The zero-order valence-electron chi connectivity index (χ0n) is 20.0. The van der Waals surface area contributed by atoms with Crippen LogP contribution in [0.2, 0.25) is 0 Å². The summed E-state index contributed by atoms with van der Waals surface area (Å²) in [5.74, 6) is -0.313. The lowest BCUT2D eigenvalue weighted by molar-refractivity contribution is -0.127. The molecule has 3 amide bonds. The zero-order valence-corrected chi connectivity index (χ0v) is 20.0. The second-order valence-electron chi connectivity index (χ2n) is 9.49. The lowest BCUT2D eigenvalue weighted by Crippen LogP contribution is -2.51. The molecular weight excluding hydrogens is 450 g/mol. The first kappa shape index (κ1) is 24.7. The fourth-order valence-corrected chi connectivity index (χ4v) is 5.03. The van der Waals surface area contributed by atoms with Crippen molar-refractivity contribution in [3.8, 4) is 5.75 Å². The van der Waals surface area contributed by atoms with E-state index in [0.717, 1.165) is 25.7 Å². The van der Waals surface area contributed by atoms with E-state index in [9.17, 15) is 19.2 Å². The minimum Gasteiger partial charge on any atom is -0.495 e. The third-order valence-corrected chi connectivity index (χ3v) is 7.00. The summed E-state index contributed by atoms with van der Waals surface area (Å²) in [6.45, 7) is 0.578. The molecule has 0 aromatic carbocycles. The van der Waals surface area contributed by atoms with Crippen molar-refractivity contribution in [1.82, 2.24) is 25.3 Å². The highest BCUT2D eigenvalue weighted by Crippen LogP contribution is 2.27. The number of ether oxygens (including phenoxy) is 1. The average molecular weight is 490 g/mol. The Hall–Kier alpha value is -3.43. The van der Waals surface area contributed by atoms with Crippen molar-refractivity contribution >= 4 is 29.7 Å². The minimum atomic E-state index is -0.801. The summed E-state index contributed by atoms with van der Waals surface area (Å²) in [5.41, 5.74) is 0.773. The number of amides is 3. The molecule has 10 heteroatoms. The maximum absolute atomic E-state index is 13.2. The number of carbonyl (C=O) groups is 4. The van der Waals surface area contributed by atoms with Crippen molar-refractivity contribution in [2.75, 3.05) is 13.7 Å². The van der Waals surface area contributed by atoms with E-state index in [1.165, 1.54) is 6.42 Å². The number of carbonyl (C=O) groups excluding carboxylic acids is 4. The number of rotatable bonds is 10. The summed E-state index contributed by atoms with van der Waals surface area (Å²) in [6, 6.07) is 1.91. The van der Waals surface area contributed by atoms with Crippen LogP contribution in [-0.2, 0) is 14.4 Å². The lowest BCUT2D eigenvalue weighted by atomic mass is 9.84. The fourth-order valence-electron chi connectivity index (χ4n) is 5.03. The van der Waals surface area contributed by atoms with Crippen LogP contribution < -0.4 is 20.7 Å². The second kappa shape index (κ2) is 11.3. The number of hydrogen-bond donors (Lipinski definition) is 3. The molecule has 4 rings (SSSR count). The Morgan fingerprint density at radius 1 is 1.20 bits per heavy atom. The molecule has 1 saturated heterocycles. The molecule has 1 saturated carbocycles. The van der Waals surface area contributed by atoms with Crippen LogP contribution in [0.25, 0.3) is 5.65 Å². The average Bonchev–Trinajstić information content (AvgIpc) is 3.49. The number of methoxy groups -OCH3 is 1. The molecular formula is C25H39N5O5. The van der Waals surface area contributed by atoms with Crippen LogP contribution in [-0.4, -0.2) is 59.1 Å². The molecule has 3 heterocycles. The van der Waals surface area contributed by atoms with Gasteiger partial charge in [-0.15, -0.1) is 0 Å². The van der Waals surface area contributed by atoms with Crippen LogP contribution in [0.3, 0.4) is 0 Å². The summed E-state index contributed by atoms with van der Waals surface area (Å²) in [4.78, 5) is 54.3. The molecule has 0 bridgehead atoms. The van der Waals surface area contributed by atoms with Gasteiger partial charge in [0.2, 0.25) is 11.8 Å². The van der Waals surface area contributed by atoms with E-state index in [4.69, 9.17) is 4.74 Å². The maximum Gasteiger partial charge on any atom is 0.272 e. The number of hydrogen-bond acceptors (Lipinski definition) is 6. The number of fused-ring (bicyclic) bond motifs is 1. The topological polar surface area (TPSA) is 131 Å². The van der Waals surface area contributed by atoms with Crippen molar-refractivity contribution < 1.29 is 28.2 Å². The van der Waals surface area contributed by atoms with E-state index in [0.29, 0.717) is 43.0 Å². The highest BCUT2D eigenvalue weighted by Gasteiger charge is 2.31. The van der Waals surface area contributed by atoms with Gasteiger partial charge in [0.25, 0.3) is 5.91 Å². The predicted molar refractivity (Wildman–Crippen MR) is 134 cm³/mol. The molecule has 0 unspecified atom stereocenters. The molecule has 10 nitrogen and oxygen atoms in total. The third-order valence-electron chi connectivity index (χ3n) is 7.00. The highest BCUT2D eigenvalue weighted by atomic mass is 16.5. The number of aldehydes is 1. The Labute approximate surface area is 208 Å². The number of nitrogens with one attached hydrogen (secondary N) is 3. The summed E-state index contributed by atoms with van der Waals surface area (Å²) >= 11 is 0. The standard InChI is InChI=1S/C25H33N5O5.3H2/c1-35-19-7-8-22-28-21(14-30(22)13-19)25(34)29-20(11-16-5-3-2-4-6-16)24(33)27-18(15-31)12-17-9-10-26-23(17)32;;;/h7-8,13-18,20H,2-6,9-12H2,1H3,(H,26,32)(H,27,33)(H,29,34);3*1H/t17-,18-,20-;;;/m0.../s1. The molecule has 194 valence electrons. The van der Waals surface area contributed by atoms with E-state index in [-0.39, 0.29) is 28.2 Å². The Morgan fingerprint density at radius 2 is 2.00 bits per heavy atom. The SMILES string of the molecule is COc1ccc2nc(C(=O)N[C@@H](CC3CCCCC3)C(=O)N[C@H](C=O)C[C@@H]3CCNC3=O)cn2c1.[HH].[HH].[HH]. The van der Waals surface area contributed by atoms with Crippen molar-refractivity contribution in [3.05, 3.63) is 30.2 Å². The van der Waals surface area contributed by atoms with Gasteiger partial charge in [-0.2, -0.15) is 0 Å². The van der Waals surface area contributed by atoms with Gasteiger partial charge in [0, 0.05) is 22.9 Å². The molecule has 0 spiro atoms. The van der Waals surface area contributed by atoms with Crippen LogP contribution in [0.1, 0.15) is 66.1 Å². The van der Waals surface area contributed by atoms with Gasteiger partial charge in [-0.1, -0.05) is 32.1 Å². The fraction of sp³-hybridized carbons (Fsp3) is 0.560. The van der Waals surface area contributed by atoms with Gasteiger partial charge in [0.1, 0.15) is 29.4 Å². The number of aromatic nitrogens is 2.